The van der Waals surface area contributed by atoms with E-state index >= 15 is 0 Å². The number of carbonyl (C=O) groups is 1. The number of aryl methyl sites for hydroxylation is 1. The molecule has 0 bridgehead atoms. The maximum Gasteiger partial charge on any atom is 0.319 e. The number of nitriles is 1. The van der Waals surface area contributed by atoms with Crippen LogP contribution in [0, 0.1) is 18.3 Å². The van der Waals surface area contributed by atoms with Gasteiger partial charge in [-0.1, -0.05) is 6.07 Å². The summed E-state index contributed by atoms with van der Waals surface area (Å²) in [5, 5.41) is 14.1. The molecule has 2 aromatic carbocycles. The minimum absolute atomic E-state index is 0.320. The van der Waals surface area contributed by atoms with Crippen molar-refractivity contribution in [2.24, 2.45) is 0 Å². The zero-order valence-electron chi connectivity index (χ0n) is 13.6. The number of hydrogen-bond donors (Lipinski definition) is 2. The largest absolute Gasteiger partial charge is 0.493 e. The fraction of sp³-hybridized carbons (Fsp3) is 0.222. The molecular weight excluding hydrogens is 306 g/mol. The summed E-state index contributed by atoms with van der Waals surface area (Å²) in [5.41, 5.74) is 2.24. The molecule has 0 saturated carbocycles. The van der Waals surface area contributed by atoms with Crippen LogP contribution in [-0.2, 0) is 0 Å². The predicted molar refractivity (Wildman–Crippen MR) is 91.4 cm³/mol. The number of benzene rings is 2. The van der Waals surface area contributed by atoms with Gasteiger partial charge in [-0.15, -0.1) is 0 Å². The topological polar surface area (TPSA) is 83.4 Å². The molecule has 6 heteroatoms. The summed E-state index contributed by atoms with van der Waals surface area (Å²) >= 11 is 0. The van der Waals surface area contributed by atoms with Crippen molar-refractivity contribution in [3.63, 3.8) is 0 Å². The summed E-state index contributed by atoms with van der Waals surface area (Å²) < 4.78 is 10.9. The number of amides is 2. The van der Waals surface area contributed by atoms with E-state index in [1.807, 2.05) is 31.2 Å². The average Bonchev–Trinajstić information content (AvgIpc) is 2.60. The van der Waals surface area contributed by atoms with Crippen molar-refractivity contribution in [2.75, 3.05) is 25.6 Å². The first-order chi connectivity index (χ1) is 11.6. The summed E-state index contributed by atoms with van der Waals surface area (Å²) in [6, 6.07) is 14.0. The van der Waals surface area contributed by atoms with E-state index in [0.717, 1.165) is 5.56 Å². The lowest BCUT2D eigenvalue weighted by molar-refractivity contribution is 0.246. The number of ether oxygens (including phenoxy) is 2. The van der Waals surface area contributed by atoms with E-state index in [1.54, 1.807) is 31.4 Å². The Kier molecular flexibility index (Phi) is 6.03. The molecule has 2 amide bonds. The zero-order valence-corrected chi connectivity index (χ0v) is 13.6. The third-order valence-corrected chi connectivity index (χ3v) is 3.24. The molecule has 124 valence electrons. The van der Waals surface area contributed by atoms with E-state index in [1.165, 1.54) is 0 Å². The van der Waals surface area contributed by atoms with E-state index in [4.69, 9.17) is 14.7 Å². The van der Waals surface area contributed by atoms with Crippen LogP contribution >= 0.6 is 0 Å². The number of nitrogens with one attached hydrogen (secondary N) is 2. The molecule has 0 radical (unpaired) electrons. The molecule has 0 heterocycles. The lowest BCUT2D eigenvalue weighted by atomic mass is 10.2. The molecule has 0 fully saturated rings. The number of nitrogens with zero attached hydrogens (tertiary/aromatic N) is 1. The normalized spacial score (nSPS) is 9.71. The third-order valence-electron chi connectivity index (χ3n) is 3.24. The minimum Gasteiger partial charge on any atom is -0.493 e. The van der Waals surface area contributed by atoms with Crippen LogP contribution < -0.4 is 20.1 Å². The number of methoxy groups -OCH3 is 1. The molecule has 2 aromatic rings. The van der Waals surface area contributed by atoms with Gasteiger partial charge >= 0.3 is 6.03 Å². The first-order valence-electron chi connectivity index (χ1n) is 7.45. The fourth-order valence-electron chi connectivity index (χ4n) is 2.02. The number of hydrogen-bond acceptors (Lipinski definition) is 4. The van der Waals surface area contributed by atoms with Crippen molar-refractivity contribution in [2.45, 2.75) is 6.92 Å². The Morgan fingerprint density at radius 1 is 1.17 bits per heavy atom. The van der Waals surface area contributed by atoms with Gasteiger partial charge in [0.25, 0.3) is 0 Å². The van der Waals surface area contributed by atoms with Crippen LogP contribution in [0.5, 0.6) is 11.5 Å². The molecular formula is C18H19N3O3. The quantitative estimate of drug-likeness (QED) is 0.800. The highest BCUT2D eigenvalue weighted by Crippen LogP contribution is 2.27. The van der Waals surface area contributed by atoms with Crippen molar-refractivity contribution in [3.8, 4) is 17.6 Å². The molecule has 0 atom stereocenters. The van der Waals surface area contributed by atoms with Crippen molar-refractivity contribution in [1.29, 1.82) is 5.26 Å². The molecule has 0 aromatic heterocycles. The highest BCUT2D eigenvalue weighted by Gasteiger charge is 2.05. The lowest BCUT2D eigenvalue weighted by Crippen LogP contribution is -2.32. The second-order valence-corrected chi connectivity index (χ2v) is 5.07. The molecule has 2 rings (SSSR count). The average molecular weight is 325 g/mol. The Labute approximate surface area is 141 Å². The first-order valence-corrected chi connectivity index (χ1v) is 7.45. The highest BCUT2D eigenvalue weighted by atomic mass is 16.5. The number of carbonyl (C=O) groups excluding carboxylic acids is 1. The second kappa shape index (κ2) is 8.44. The first kappa shape index (κ1) is 17.2. The Hall–Kier alpha value is -3.20. The molecule has 0 aliphatic carbocycles. The second-order valence-electron chi connectivity index (χ2n) is 5.07. The van der Waals surface area contributed by atoms with E-state index in [-0.39, 0.29) is 6.03 Å². The molecule has 0 aliphatic rings. The molecule has 0 unspecified atom stereocenters. The van der Waals surface area contributed by atoms with Gasteiger partial charge in [0, 0.05) is 5.69 Å². The van der Waals surface area contributed by atoms with E-state index in [0.29, 0.717) is 35.9 Å². The predicted octanol–water partition coefficient (Wildman–Crippen LogP) is 3.08. The van der Waals surface area contributed by atoms with Crippen LogP contribution in [0.4, 0.5) is 10.5 Å². The Balaban J connectivity index is 1.75. The minimum atomic E-state index is -0.334. The van der Waals surface area contributed by atoms with Crippen LogP contribution in [0.3, 0.4) is 0 Å². The summed E-state index contributed by atoms with van der Waals surface area (Å²) in [6.45, 7) is 2.64. The fourth-order valence-corrected chi connectivity index (χ4v) is 2.02. The van der Waals surface area contributed by atoms with Gasteiger partial charge in [-0.3, -0.25) is 0 Å². The van der Waals surface area contributed by atoms with Crippen LogP contribution in [0.25, 0.3) is 0 Å². The Morgan fingerprint density at radius 2 is 1.92 bits per heavy atom. The van der Waals surface area contributed by atoms with Crippen molar-refractivity contribution >= 4 is 11.7 Å². The molecule has 2 N–H and O–H groups in total. The van der Waals surface area contributed by atoms with Gasteiger partial charge in [0.15, 0.2) is 11.5 Å². The Bertz CT molecular complexity index is 736. The molecule has 0 spiro atoms. The van der Waals surface area contributed by atoms with Crippen LogP contribution in [-0.4, -0.2) is 26.3 Å². The van der Waals surface area contributed by atoms with Crippen LogP contribution in [0.15, 0.2) is 42.5 Å². The van der Waals surface area contributed by atoms with Gasteiger partial charge in [-0.05, 0) is 48.9 Å². The zero-order chi connectivity index (χ0) is 17.4. The van der Waals surface area contributed by atoms with Gasteiger partial charge < -0.3 is 20.1 Å². The van der Waals surface area contributed by atoms with Gasteiger partial charge in [-0.25, -0.2) is 4.79 Å². The maximum absolute atomic E-state index is 11.8. The molecule has 0 aliphatic heterocycles. The van der Waals surface area contributed by atoms with E-state index in [2.05, 4.69) is 10.6 Å². The third kappa shape index (κ3) is 4.92. The van der Waals surface area contributed by atoms with Crippen molar-refractivity contribution < 1.29 is 14.3 Å². The van der Waals surface area contributed by atoms with Gasteiger partial charge in [0.05, 0.1) is 25.3 Å². The monoisotopic (exact) mass is 325 g/mol. The SMILES string of the molecule is COc1cc(C)ccc1OCCNC(=O)Nc1ccc(C#N)cc1. The van der Waals surface area contributed by atoms with Crippen molar-refractivity contribution in [3.05, 3.63) is 53.6 Å². The van der Waals surface area contributed by atoms with Crippen molar-refractivity contribution in [1.82, 2.24) is 5.32 Å². The highest BCUT2D eigenvalue weighted by molar-refractivity contribution is 5.89. The maximum atomic E-state index is 11.8. The van der Waals surface area contributed by atoms with E-state index in [9.17, 15) is 4.79 Å². The standard InChI is InChI=1S/C18H19N3O3/c1-13-3-8-16(17(11-13)23-2)24-10-9-20-18(22)21-15-6-4-14(12-19)5-7-15/h3-8,11H,9-10H2,1-2H3,(H2,20,21,22). The number of rotatable bonds is 6. The summed E-state index contributed by atoms with van der Waals surface area (Å²) in [4.78, 5) is 11.8. The van der Waals surface area contributed by atoms with E-state index < -0.39 is 0 Å². The number of urea groups is 1. The molecule has 0 saturated heterocycles. The van der Waals surface area contributed by atoms with Crippen LogP contribution in [0.1, 0.15) is 11.1 Å². The summed E-state index contributed by atoms with van der Waals surface area (Å²) in [5.74, 6) is 1.30. The summed E-state index contributed by atoms with van der Waals surface area (Å²) in [6.07, 6.45) is 0. The molecule has 6 nitrogen and oxygen atoms in total. The van der Waals surface area contributed by atoms with Gasteiger partial charge in [-0.2, -0.15) is 5.26 Å². The smallest absolute Gasteiger partial charge is 0.319 e. The molecule has 24 heavy (non-hydrogen) atoms. The number of anilines is 1. The van der Waals surface area contributed by atoms with Crippen LogP contribution in [0.2, 0.25) is 0 Å². The van der Waals surface area contributed by atoms with Gasteiger partial charge in [0.2, 0.25) is 0 Å². The van der Waals surface area contributed by atoms with Gasteiger partial charge in [0.1, 0.15) is 6.61 Å². The Morgan fingerprint density at radius 3 is 2.58 bits per heavy atom. The summed E-state index contributed by atoms with van der Waals surface area (Å²) in [7, 11) is 1.59. The lowest BCUT2D eigenvalue weighted by Gasteiger charge is -2.12.